The number of halogens is 3. The van der Waals surface area contributed by atoms with Crippen molar-refractivity contribution in [3.05, 3.63) is 28.8 Å². The minimum absolute atomic E-state index is 0.146. The second kappa shape index (κ2) is 9.73. The van der Waals surface area contributed by atoms with Crippen molar-refractivity contribution in [2.24, 2.45) is 0 Å². The number of ether oxygens (including phenoxy) is 2. The lowest BCUT2D eigenvalue weighted by atomic mass is 9.89. The summed E-state index contributed by atoms with van der Waals surface area (Å²) in [7, 11) is 0. The Balaban J connectivity index is 3.17. The van der Waals surface area contributed by atoms with Crippen LogP contribution in [-0.2, 0) is 29.5 Å². The lowest BCUT2D eigenvalue weighted by Gasteiger charge is -2.29. The summed E-state index contributed by atoms with van der Waals surface area (Å²) in [6, 6.07) is 1.91. The van der Waals surface area contributed by atoms with E-state index < -0.39 is 35.2 Å². The Morgan fingerprint density at radius 2 is 1.52 bits per heavy atom. The Morgan fingerprint density at radius 1 is 1.00 bits per heavy atom. The second-order valence-electron chi connectivity index (χ2n) is 6.27. The minimum Gasteiger partial charge on any atom is -0.466 e. The van der Waals surface area contributed by atoms with Gasteiger partial charge in [0.25, 0.3) is 5.60 Å². The summed E-state index contributed by atoms with van der Waals surface area (Å²) in [5.41, 5.74) is -3.96. The molecule has 162 valence electrons. The van der Waals surface area contributed by atoms with Crippen LogP contribution in [0.1, 0.15) is 43.4 Å². The zero-order valence-electron chi connectivity index (χ0n) is 16.6. The first-order valence-corrected chi connectivity index (χ1v) is 8.91. The number of anilines is 1. The van der Waals surface area contributed by atoms with Crippen molar-refractivity contribution in [1.82, 2.24) is 0 Å². The molecule has 0 spiro atoms. The molecule has 0 unspecified atom stereocenters. The number of aliphatic hydroxyl groups is 1. The topological polar surface area (TPSA) is 102 Å². The van der Waals surface area contributed by atoms with Crippen LogP contribution in [-0.4, -0.2) is 42.3 Å². The molecule has 0 radical (unpaired) electrons. The SMILES string of the molecule is CCOC(=O)CCC(=O)Nc1c(C)cc([C@](O)(C(=O)OCC)C(F)(F)F)cc1C. The number of hydrogen-bond acceptors (Lipinski definition) is 6. The predicted octanol–water partition coefficient (Wildman–Crippen LogP) is 2.90. The summed E-state index contributed by atoms with van der Waals surface area (Å²) in [6.45, 7) is 5.62. The molecular formula is C19H24F3NO6. The Bertz CT molecular complexity index is 755. The van der Waals surface area contributed by atoms with Gasteiger partial charge in [-0.2, -0.15) is 13.2 Å². The largest absolute Gasteiger partial charge is 0.466 e. The van der Waals surface area contributed by atoms with E-state index in [1.165, 1.54) is 20.8 Å². The molecule has 0 aliphatic heterocycles. The molecule has 0 aliphatic rings. The van der Waals surface area contributed by atoms with Gasteiger partial charge in [0.1, 0.15) is 0 Å². The molecule has 1 rings (SSSR count). The fourth-order valence-electron chi connectivity index (χ4n) is 2.65. The van der Waals surface area contributed by atoms with Crippen molar-refractivity contribution >= 4 is 23.5 Å². The van der Waals surface area contributed by atoms with E-state index in [0.717, 1.165) is 12.1 Å². The van der Waals surface area contributed by atoms with E-state index >= 15 is 0 Å². The second-order valence-corrected chi connectivity index (χ2v) is 6.27. The number of nitrogens with one attached hydrogen (secondary N) is 1. The number of amides is 1. The van der Waals surface area contributed by atoms with Gasteiger partial charge in [0.15, 0.2) is 0 Å². The molecular weight excluding hydrogens is 395 g/mol. The average molecular weight is 419 g/mol. The molecule has 0 saturated heterocycles. The smallest absolute Gasteiger partial charge is 0.432 e. The maximum Gasteiger partial charge on any atom is 0.432 e. The molecule has 0 saturated carbocycles. The molecule has 1 atom stereocenters. The first-order valence-electron chi connectivity index (χ1n) is 8.91. The van der Waals surface area contributed by atoms with Crippen LogP contribution in [0.3, 0.4) is 0 Å². The van der Waals surface area contributed by atoms with Crippen molar-refractivity contribution in [2.45, 2.75) is 52.3 Å². The van der Waals surface area contributed by atoms with E-state index in [1.54, 1.807) is 6.92 Å². The third kappa shape index (κ3) is 5.69. The monoisotopic (exact) mass is 419 g/mol. The van der Waals surface area contributed by atoms with Gasteiger partial charge < -0.3 is 19.9 Å². The van der Waals surface area contributed by atoms with Crippen LogP contribution < -0.4 is 5.32 Å². The van der Waals surface area contributed by atoms with Gasteiger partial charge in [-0.05, 0) is 38.8 Å². The zero-order chi connectivity index (χ0) is 22.4. The summed E-state index contributed by atoms with van der Waals surface area (Å²) < 4.78 is 49.7. The number of rotatable bonds is 8. The molecule has 2 N–H and O–H groups in total. The van der Waals surface area contributed by atoms with Crippen molar-refractivity contribution in [1.29, 1.82) is 0 Å². The molecule has 0 aromatic heterocycles. The number of aryl methyl sites for hydroxylation is 2. The van der Waals surface area contributed by atoms with Crippen LogP contribution in [0.15, 0.2) is 12.1 Å². The molecule has 29 heavy (non-hydrogen) atoms. The van der Waals surface area contributed by atoms with Gasteiger partial charge in [0.2, 0.25) is 5.91 Å². The lowest BCUT2D eigenvalue weighted by Crippen LogP contribution is -2.50. The normalized spacial score (nSPS) is 13.4. The average Bonchev–Trinajstić information content (AvgIpc) is 2.61. The van der Waals surface area contributed by atoms with Crippen LogP contribution in [0, 0.1) is 13.8 Å². The predicted molar refractivity (Wildman–Crippen MR) is 97.0 cm³/mol. The van der Waals surface area contributed by atoms with Crippen LogP contribution >= 0.6 is 0 Å². The van der Waals surface area contributed by atoms with Crippen LogP contribution in [0.4, 0.5) is 18.9 Å². The Morgan fingerprint density at radius 3 is 1.97 bits per heavy atom. The molecule has 10 heteroatoms. The van der Waals surface area contributed by atoms with Gasteiger partial charge in [-0.25, -0.2) is 4.79 Å². The lowest BCUT2D eigenvalue weighted by molar-refractivity contribution is -0.267. The highest BCUT2D eigenvalue weighted by atomic mass is 19.4. The van der Waals surface area contributed by atoms with Crippen molar-refractivity contribution in [3.63, 3.8) is 0 Å². The van der Waals surface area contributed by atoms with Gasteiger partial charge >= 0.3 is 18.1 Å². The summed E-state index contributed by atoms with van der Waals surface area (Å²) in [4.78, 5) is 35.3. The molecule has 0 fully saturated rings. The third-order valence-corrected chi connectivity index (χ3v) is 4.06. The number of carbonyl (C=O) groups excluding carboxylic acids is 3. The van der Waals surface area contributed by atoms with Crippen LogP contribution in [0.5, 0.6) is 0 Å². The minimum atomic E-state index is -5.32. The molecule has 1 aromatic carbocycles. The molecule has 7 nitrogen and oxygen atoms in total. The summed E-state index contributed by atoms with van der Waals surface area (Å²) in [5.74, 6) is -2.91. The number of esters is 2. The Labute approximate surface area is 166 Å². The standard InChI is InChI=1S/C19H24F3NO6/c1-5-28-15(25)8-7-14(24)23-16-11(3)9-13(10-12(16)4)18(27,19(20,21)22)17(26)29-6-2/h9-10,27H,5-8H2,1-4H3,(H,23,24)/t18-/m0/s1. The first kappa shape index (κ1) is 24.4. The molecule has 0 aliphatic carbocycles. The van der Waals surface area contributed by atoms with E-state index in [2.05, 4.69) is 10.1 Å². The van der Waals surface area contributed by atoms with Crippen LogP contribution in [0.2, 0.25) is 0 Å². The fourth-order valence-corrected chi connectivity index (χ4v) is 2.65. The van der Waals surface area contributed by atoms with Gasteiger partial charge in [-0.1, -0.05) is 12.1 Å². The van der Waals surface area contributed by atoms with Crippen molar-refractivity contribution < 1.29 is 42.1 Å². The summed E-state index contributed by atoms with van der Waals surface area (Å²) in [6.07, 6.45) is -5.64. The van der Waals surface area contributed by atoms with E-state index in [4.69, 9.17) is 4.74 Å². The number of hydrogen-bond donors (Lipinski definition) is 2. The molecule has 1 aromatic rings. The first-order chi connectivity index (χ1) is 13.4. The number of carbonyl (C=O) groups is 3. The third-order valence-electron chi connectivity index (χ3n) is 4.06. The quantitative estimate of drug-likeness (QED) is 0.629. The highest BCUT2D eigenvalue weighted by molar-refractivity contribution is 5.94. The van der Waals surface area contributed by atoms with Gasteiger partial charge in [0, 0.05) is 17.7 Å². The van der Waals surface area contributed by atoms with Crippen LogP contribution in [0.25, 0.3) is 0 Å². The Hall–Kier alpha value is -2.62. The molecule has 0 heterocycles. The summed E-state index contributed by atoms with van der Waals surface area (Å²) >= 11 is 0. The van der Waals surface area contributed by atoms with E-state index in [9.17, 15) is 32.7 Å². The van der Waals surface area contributed by atoms with Crippen molar-refractivity contribution in [3.8, 4) is 0 Å². The van der Waals surface area contributed by atoms with Gasteiger partial charge in [-0.15, -0.1) is 0 Å². The highest BCUT2D eigenvalue weighted by Crippen LogP contribution is 2.41. The zero-order valence-corrected chi connectivity index (χ0v) is 16.6. The fraction of sp³-hybridized carbons (Fsp3) is 0.526. The van der Waals surface area contributed by atoms with E-state index in [0.29, 0.717) is 0 Å². The highest BCUT2D eigenvalue weighted by Gasteiger charge is 2.62. The molecule has 1 amide bonds. The summed E-state index contributed by atoms with van der Waals surface area (Å²) in [5, 5.41) is 12.7. The Kier molecular flexibility index (Phi) is 8.19. The molecule has 0 bridgehead atoms. The van der Waals surface area contributed by atoms with Gasteiger partial charge in [-0.3, -0.25) is 9.59 Å². The van der Waals surface area contributed by atoms with Crippen molar-refractivity contribution in [2.75, 3.05) is 18.5 Å². The maximum atomic E-state index is 13.5. The number of alkyl halides is 3. The van der Waals surface area contributed by atoms with Gasteiger partial charge in [0.05, 0.1) is 19.6 Å². The van der Waals surface area contributed by atoms with E-state index in [1.807, 2.05) is 0 Å². The maximum absolute atomic E-state index is 13.5. The van der Waals surface area contributed by atoms with E-state index in [-0.39, 0.29) is 42.9 Å². The number of benzene rings is 1.